The zero-order chi connectivity index (χ0) is 17.1. The lowest BCUT2D eigenvalue weighted by molar-refractivity contribution is -0.141. The van der Waals surface area contributed by atoms with Gasteiger partial charge in [-0.05, 0) is 25.5 Å². The molecule has 6 heteroatoms. The lowest BCUT2D eigenvalue weighted by Crippen LogP contribution is -2.59. The van der Waals surface area contributed by atoms with Crippen LogP contribution in [-0.4, -0.2) is 67.2 Å². The molecule has 2 heterocycles. The number of carbonyl (C=O) groups excluding carboxylic acids is 1. The molecule has 1 aromatic carbocycles. The summed E-state index contributed by atoms with van der Waals surface area (Å²) in [6.45, 7) is 8.78. The minimum atomic E-state index is -0.216. The van der Waals surface area contributed by atoms with Gasteiger partial charge in [-0.25, -0.2) is 0 Å². The highest BCUT2D eigenvalue weighted by atomic mass is 35.5. The standard InChI is InChI=1S/C18H26ClN3O2/c1-13(15-5-3-4-6-16(15)19)21-8-10-22(11-9-21)18(23)17-14(2)24-12-7-20-17/h3-6,13-14,17,20H,7-12H2,1-2H3/t13?,14-,17+/m1/s1. The average Bonchev–Trinajstić information content (AvgIpc) is 2.61. The van der Waals surface area contributed by atoms with Crippen LogP contribution in [0.1, 0.15) is 25.5 Å². The third kappa shape index (κ3) is 3.75. The van der Waals surface area contributed by atoms with Gasteiger partial charge >= 0.3 is 0 Å². The first-order valence-electron chi connectivity index (χ1n) is 8.70. The summed E-state index contributed by atoms with van der Waals surface area (Å²) in [4.78, 5) is 17.1. The molecule has 0 bridgehead atoms. The quantitative estimate of drug-likeness (QED) is 0.903. The summed E-state index contributed by atoms with van der Waals surface area (Å²) in [5.41, 5.74) is 1.15. The number of piperazine rings is 1. The second-order valence-electron chi connectivity index (χ2n) is 6.57. The van der Waals surface area contributed by atoms with E-state index in [1.54, 1.807) is 0 Å². The van der Waals surface area contributed by atoms with E-state index in [1.165, 1.54) is 0 Å². The summed E-state index contributed by atoms with van der Waals surface area (Å²) < 4.78 is 5.60. The van der Waals surface area contributed by atoms with Crippen molar-refractivity contribution in [1.82, 2.24) is 15.1 Å². The average molecular weight is 352 g/mol. The van der Waals surface area contributed by atoms with E-state index in [0.717, 1.165) is 43.3 Å². The zero-order valence-corrected chi connectivity index (χ0v) is 15.1. The second-order valence-corrected chi connectivity index (χ2v) is 6.97. The fourth-order valence-electron chi connectivity index (χ4n) is 3.55. The molecule has 2 saturated heterocycles. The Bertz CT molecular complexity index is 575. The van der Waals surface area contributed by atoms with Crippen molar-refractivity contribution in [3.63, 3.8) is 0 Å². The van der Waals surface area contributed by atoms with Gasteiger partial charge in [-0.15, -0.1) is 0 Å². The Labute approximate surface area is 148 Å². The number of carbonyl (C=O) groups is 1. The molecular formula is C18H26ClN3O2. The highest BCUT2D eigenvalue weighted by Gasteiger charge is 2.34. The topological polar surface area (TPSA) is 44.8 Å². The SMILES string of the molecule is CC(c1ccccc1Cl)N1CCN(C(=O)[C@H]2NCCO[C@@H]2C)CC1. The van der Waals surface area contributed by atoms with E-state index in [4.69, 9.17) is 16.3 Å². The van der Waals surface area contributed by atoms with Crippen LogP contribution in [0.5, 0.6) is 0 Å². The molecule has 0 spiro atoms. The van der Waals surface area contributed by atoms with Crippen LogP contribution in [0.4, 0.5) is 0 Å². The van der Waals surface area contributed by atoms with Crippen LogP contribution in [0.15, 0.2) is 24.3 Å². The molecule has 1 unspecified atom stereocenters. The van der Waals surface area contributed by atoms with Crippen molar-refractivity contribution < 1.29 is 9.53 Å². The zero-order valence-electron chi connectivity index (χ0n) is 14.4. The van der Waals surface area contributed by atoms with E-state index in [9.17, 15) is 4.79 Å². The van der Waals surface area contributed by atoms with Crippen molar-refractivity contribution in [3.8, 4) is 0 Å². The summed E-state index contributed by atoms with van der Waals surface area (Å²) >= 11 is 6.32. The number of benzene rings is 1. The Kier molecular flexibility index (Phi) is 5.76. The summed E-state index contributed by atoms with van der Waals surface area (Å²) in [6.07, 6.45) is -0.0636. The van der Waals surface area contributed by atoms with E-state index in [0.29, 0.717) is 6.61 Å². The Balaban J connectivity index is 1.57. The minimum Gasteiger partial charge on any atom is -0.375 e. The smallest absolute Gasteiger partial charge is 0.242 e. The Morgan fingerprint density at radius 1 is 1.29 bits per heavy atom. The van der Waals surface area contributed by atoms with Gasteiger partial charge in [0.1, 0.15) is 6.04 Å². The molecule has 1 amide bonds. The molecule has 132 valence electrons. The molecule has 0 saturated carbocycles. The number of amides is 1. The van der Waals surface area contributed by atoms with Gasteiger partial charge in [0.2, 0.25) is 5.91 Å². The second kappa shape index (κ2) is 7.83. The van der Waals surface area contributed by atoms with Crippen LogP contribution < -0.4 is 5.32 Å². The molecule has 0 aromatic heterocycles. The molecule has 0 aliphatic carbocycles. The molecule has 3 atom stereocenters. The molecule has 2 aliphatic rings. The third-order valence-electron chi connectivity index (χ3n) is 5.11. The van der Waals surface area contributed by atoms with Crippen molar-refractivity contribution in [2.24, 2.45) is 0 Å². The maximum atomic E-state index is 12.7. The largest absolute Gasteiger partial charge is 0.375 e. The molecule has 1 N–H and O–H groups in total. The molecular weight excluding hydrogens is 326 g/mol. The molecule has 2 fully saturated rings. The van der Waals surface area contributed by atoms with Crippen molar-refractivity contribution in [2.45, 2.75) is 32.0 Å². The van der Waals surface area contributed by atoms with Crippen LogP contribution in [0.3, 0.4) is 0 Å². The molecule has 24 heavy (non-hydrogen) atoms. The highest BCUT2D eigenvalue weighted by molar-refractivity contribution is 6.31. The van der Waals surface area contributed by atoms with Crippen molar-refractivity contribution >= 4 is 17.5 Å². The van der Waals surface area contributed by atoms with Gasteiger partial charge in [0.05, 0.1) is 12.7 Å². The van der Waals surface area contributed by atoms with Crippen molar-refractivity contribution in [2.75, 3.05) is 39.3 Å². The van der Waals surface area contributed by atoms with Gasteiger partial charge in [-0.2, -0.15) is 0 Å². The first-order valence-corrected chi connectivity index (χ1v) is 9.08. The highest BCUT2D eigenvalue weighted by Crippen LogP contribution is 2.27. The number of hydrogen-bond acceptors (Lipinski definition) is 4. The predicted octanol–water partition coefficient (Wildman–Crippen LogP) is 1.92. The number of rotatable bonds is 3. The van der Waals surface area contributed by atoms with Gasteiger partial charge in [0.25, 0.3) is 0 Å². The fourth-order valence-corrected chi connectivity index (χ4v) is 3.84. The van der Waals surface area contributed by atoms with E-state index in [1.807, 2.05) is 30.0 Å². The Hall–Kier alpha value is -1.14. The van der Waals surface area contributed by atoms with Gasteiger partial charge in [0, 0.05) is 43.8 Å². The van der Waals surface area contributed by atoms with Crippen LogP contribution in [0.2, 0.25) is 5.02 Å². The summed E-state index contributed by atoms with van der Waals surface area (Å²) in [5, 5.41) is 4.09. The van der Waals surface area contributed by atoms with Crippen molar-refractivity contribution in [3.05, 3.63) is 34.9 Å². The number of morpholine rings is 1. The van der Waals surface area contributed by atoms with Gasteiger partial charge < -0.3 is 15.0 Å². The Morgan fingerprint density at radius 2 is 2.00 bits per heavy atom. The molecule has 0 radical (unpaired) electrons. The Morgan fingerprint density at radius 3 is 2.67 bits per heavy atom. The minimum absolute atomic E-state index is 0.0636. The van der Waals surface area contributed by atoms with Gasteiger partial charge in [-0.1, -0.05) is 29.8 Å². The van der Waals surface area contributed by atoms with E-state index < -0.39 is 0 Å². The molecule has 3 rings (SSSR count). The maximum absolute atomic E-state index is 12.7. The maximum Gasteiger partial charge on any atom is 0.242 e. The fraction of sp³-hybridized carbons (Fsp3) is 0.611. The number of ether oxygens (including phenoxy) is 1. The summed E-state index contributed by atoms with van der Waals surface area (Å²) in [6, 6.07) is 8.03. The number of hydrogen-bond donors (Lipinski definition) is 1. The molecule has 2 aliphatic heterocycles. The summed E-state index contributed by atoms with van der Waals surface area (Å²) in [7, 11) is 0. The lowest BCUT2D eigenvalue weighted by Gasteiger charge is -2.41. The normalized spacial score (nSPS) is 27.0. The van der Waals surface area contributed by atoms with Crippen LogP contribution in [0, 0.1) is 0 Å². The number of halogens is 1. The van der Waals surface area contributed by atoms with E-state index >= 15 is 0 Å². The van der Waals surface area contributed by atoms with Crippen molar-refractivity contribution in [1.29, 1.82) is 0 Å². The van der Waals surface area contributed by atoms with Gasteiger partial charge in [-0.3, -0.25) is 9.69 Å². The van der Waals surface area contributed by atoms with Crippen LogP contribution >= 0.6 is 11.6 Å². The molecule has 5 nitrogen and oxygen atoms in total. The van der Waals surface area contributed by atoms with E-state index in [2.05, 4.69) is 23.2 Å². The number of nitrogens with zero attached hydrogens (tertiary/aromatic N) is 2. The van der Waals surface area contributed by atoms with Crippen LogP contribution in [0.25, 0.3) is 0 Å². The summed E-state index contributed by atoms with van der Waals surface area (Å²) in [5.74, 6) is 0.159. The first-order chi connectivity index (χ1) is 11.6. The molecule has 1 aromatic rings. The first kappa shape index (κ1) is 17.7. The van der Waals surface area contributed by atoms with E-state index in [-0.39, 0.29) is 24.1 Å². The third-order valence-corrected chi connectivity index (χ3v) is 5.46. The van der Waals surface area contributed by atoms with Crippen LogP contribution in [-0.2, 0) is 9.53 Å². The predicted molar refractivity (Wildman–Crippen MR) is 95.2 cm³/mol. The monoisotopic (exact) mass is 351 g/mol. The van der Waals surface area contributed by atoms with Gasteiger partial charge in [0.15, 0.2) is 0 Å². The lowest BCUT2D eigenvalue weighted by atomic mass is 10.1. The number of nitrogens with one attached hydrogen (secondary N) is 1.